The van der Waals surface area contributed by atoms with Crippen LogP contribution in [-0.4, -0.2) is 52.2 Å². The molecule has 24 heavy (non-hydrogen) atoms. The number of piperidine rings is 1. The van der Waals surface area contributed by atoms with E-state index in [9.17, 15) is 5.11 Å². The van der Waals surface area contributed by atoms with E-state index >= 15 is 0 Å². The van der Waals surface area contributed by atoms with Gasteiger partial charge in [-0.05, 0) is 37.2 Å². The number of aliphatic hydroxyl groups excluding tert-OH is 2. The molecule has 1 fully saturated rings. The summed E-state index contributed by atoms with van der Waals surface area (Å²) in [4.78, 5) is 4.44. The third-order valence-corrected chi connectivity index (χ3v) is 3.91. The molecule has 2 aromatic rings. The summed E-state index contributed by atoms with van der Waals surface area (Å²) in [6.07, 6.45) is 4.15. The number of halogens is 2. The zero-order valence-corrected chi connectivity index (χ0v) is 14.8. The lowest BCUT2D eigenvalue weighted by Crippen LogP contribution is -2.41. The van der Waals surface area contributed by atoms with Crippen LogP contribution in [-0.2, 0) is 0 Å². The van der Waals surface area contributed by atoms with E-state index in [4.69, 9.17) is 9.84 Å². The summed E-state index contributed by atoms with van der Waals surface area (Å²) in [5.41, 5.74) is 0.979. The van der Waals surface area contributed by atoms with E-state index in [0.29, 0.717) is 6.54 Å². The van der Waals surface area contributed by atoms with Gasteiger partial charge in [0, 0.05) is 24.5 Å². The Labute approximate surface area is 153 Å². The van der Waals surface area contributed by atoms with Crippen LogP contribution < -0.4 is 10.1 Å². The fourth-order valence-electron chi connectivity index (χ4n) is 2.82. The maximum absolute atomic E-state index is 10.2. The van der Waals surface area contributed by atoms with Gasteiger partial charge < -0.3 is 24.8 Å². The normalized spacial score (nSPS) is 19.9. The molecular formula is C16H23Cl2N3O3. The highest BCUT2D eigenvalue weighted by molar-refractivity contribution is 5.85. The first kappa shape index (κ1) is 20.7. The number of ether oxygens (including phenoxy) is 1. The van der Waals surface area contributed by atoms with Crippen molar-refractivity contribution in [2.75, 3.05) is 26.3 Å². The van der Waals surface area contributed by atoms with Crippen molar-refractivity contribution in [3.63, 3.8) is 0 Å². The Morgan fingerprint density at radius 3 is 2.67 bits per heavy atom. The Bertz CT molecular complexity index is 607. The molecule has 3 N–H and O–H groups in total. The zero-order chi connectivity index (χ0) is 15.4. The topological polar surface area (TPSA) is 79.5 Å². The smallest absolute Gasteiger partial charge is 0.140 e. The van der Waals surface area contributed by atoms with Gasteiger partial charge in [0.05, 0.1) is 18.8 Å². The number of hydrogen-bond acceptors (Lipinski definition) is 5. The molecule has 0 unspecified atom stereocenters. The van der Waals surface area contributed by atoms with E-state index in [1.165, 1.54) is 0 Å². The molecule has 1 aromatic carbocycles. The quantitative estimate of drug-likeness (QED) is 0.740. The maximum Gasteiger partial charge on any atom is 0.140 e. The molecule has 2 atom stereocenters. The summed E-state index contributed by atoms with van der Waals surface area (Å²) >= 11 is 0. The summed E-state index contributed by atoms with van der Waals surface area (Å²) in [7, 11) is 0. The Morgan fingerprint density at radius 1 is 1.25 bits per heavy atom. The van der Waals surface area contributed by atoms with Gasteiger partial charge in [0.1, 0.15) is 18.2 Å². The molecule has 1 aromatic heterocycles. The molecule has 1 aliphatic heterocycles. The van der Waals surface area contributed by atoms with Crippen LogP contribution in [0.25, 0.3) is 11.4 Å². The van der Waals surface area contributed by atoms with Crippen molar-refractivity contribution < 1.29 is 14.9 Å². The van der Waals surface area contributed by atoms with Gasteiger partial charge in [0.25, 0.3) is 0 Å². The van der Waals surface area contributed by atoms with Gasteiger partial charge in [-0.3, -0.25) is 0 Å². The highest BCUT2D eigenvalue weighted by Gasteiger charge is 2.26. The Balaban J connectivity index is 0.00000144. The lowest BCUT2D eigenvalue weighted by Gasteiger charge is -2.30. The minimum atomic E-state index is -0.408. The van der Waals surface area contributed by atoms with Crippen molar-refractivity contribution in [3.05, 3.63) is 36.7 Å². The number of imidazole rings is 1. The Hall–Kier alpha value is -1.31. The van der Waals surface area contributed by atoms with Crippen LogP contribution in [0.5, 0.6) is 5.75 Å². The van der Waals surface area contributed by atoms with Gasteiger partial charge in [0.15, 0.2) is 0 Å². The third kappa shape index (κ3) is 4.62. The SMILES string of the molecule is Cl.Cl.OCCOc1ccc(-c2nccn2[C@H]2CCNC[C@@H]2O)cc1. The van der Waals surface area contributed by atoms with Crippen molar-refractivity contribution >= 4 is 24.8 Å². The first-order valence-electron chi connectivity index (χ1n) is 7.55. The van der Waals surface area contributed by atoms with Crippen molar-refractivity contribution in [1.29, 1.82) is 0 Å². The van der Waals surface area contributed by atoms with Gasteiger partial charge in [0.2, 0.25) is 0 Å². The fourth-order valence-corrected chi connectivity index (χ4v) is 2.82. The summed E-state index contributed by atoms with van der Waals surface area (Å²) in [6.45, 7) is 1.79. The monoisotopic (exact) mass is 375 g/mol. The maximum atomic E-state index is 10.2. The molecule has 0 spiro atoms. The average Bonchev–Trinajstić information content (AvgIpc) is 3.03. The van der Waals surface area contributed by atoms with Crippen molar-refractivity contribution in [1.82, 2.24) is 14.9 Å². The summed E-state index contributed by atoms with van der Waals surface area (Å²) in [6, 6.07) is 7.66. The van der Waals surface area contributed by atoms with E-state index < -0.39 is 6.10 Å². The van der Waals surface area contributed by atoms with E-state index in [-0.39, 0.29) is 44.1 Å². The lowest BCUT2D eigenvalue weighted by molar-refractivity contribution is 0.0880. The zero-order valence-electron chi connectivity index (χ0n) is 13.2. The molecule has 2 heterocycles. The number of nitrogens with zero attached hydrogens (tertiary/aromatic N) is 2. The van der Waals surface area contributed by atoms with Gasteiger partial charge in [-0.2, -0.15) is 0 Å². The predicted molar refractivity (Wildman–Crippen MR) is 97.3 cm³/mol. The van der Waals surface area contributed by atoms with Crippen LogP contribution in [0.3, 0.4) is 0 Å². The molecule has 0 bridgehead atoms. The molecule has 0 radical (unpaired) electrons. The number of β-amino-alcohol motifs (C(OH)–C–C–N with tert-alkyl or cyclic N) is 1. The van der Waals surface area contributed by atoms with Gasteiger partial charge in [-0.15, -0.1) is 24.8 Å². The molecular weight excluding hydrogens is 353 g/mol. The number of benzene rings is 1. The van der Waals surface area contributed by atoms with E-state index in [0.717, 1.165) is 30.1 Å². The van der Waals surface area contributed by atoms with Crippen LogP contribution in [0.15, 0.2) is 36.7 Å². The van der Waals surface area contributed by atoms with Crippen molar-refractivity contribution in [3.8, 4) is 17.1 Å². The highest BCUT2D eigenvalue weighted by atomic mass is 35.5. The first-order chi connectivity index (χ1) is 10.8. The van der Waals surface area contributed by atoms with Crippen LogP contribution in [0, 0.1) is 0 Å². The number of hydrogen-bond donors (Lipinski definition) is 3. The molecule has 0 amide bonds. The van der Waals surface area contributed by atoms with Gasteiger partial charge in [-0.1, -0.05) is 0 Å². The number of aliphatic hydroxyl groups is 2. The first-order valence-corrected chi connectivity index (χ1v) is 7.55. The van der Waals surface area contributed by atoms with Crippen LogP contribution in [0.1, 0.15) is 12.5 Å². The fraction of sp³-hybridized carbons (Fsp3) is 0.438. The van der Waals surface area contributed by atoms with E-state index in [1.807, 2.05) is 30.5 Å². The van der Waals surface area contributed by atoms with Crippen LogP contribution >= 0.6 is 24.8 Å². The Morgan fingerprint density at radius 2 is 2.00 bits per heavy atom. The minimum absolute atomic E-state index is 0. The minimum Gasteiger partial charge on any atom is -0.491 e. The number of aromatic nitrogens is 2. The highest BCUT2D eigenvalue weighted by Crippen LogP contribution is 2.27. The van der Waals surface area contributed by atoms with Gasteiger partial charge in [-0.25, -0.2) is 4.98 Å². The molecule has 1 aliphatic rings. The predicted octanol–water partition coefficient (Wildman–Crippen LogP) is 1.66. The molecule has 6 nitrogen and oxygen atoms in total. The van der Waals surface area contributed by atoms with Crippen molar-refractivity contribution in [2.45, 2.75) is 18.6 Å². The molecule has 0 aliphatic carbocycles. The standard InChI is InChI=1S/C16H21N3O3.2ClH/c20-9-10-22-13-3-1-12(2-4-13)16-18-7-8-19(16)14-5-6-17-11-15(14)21;;/h1-4,7-8,14-15,17,20-21H,5-6,9-11H2;2*1H/t14-,15-;;/m0../s1. The van der Waals surface area contributed by atoms with E-state index in [2.05, 4.69) is 14.9 Å². The summed E-state index contributed by atoms with van der Waals surface area (Å²) in [5, 5.41) is 22.2. The molecule has 1 saturated heterocycles. The molecule has 0 saturated carbocycles. The third-order valence-electron chi connectivity index (χ3n) is 3.91. The second-order valence-corrected chi connectivity index (χ2v) is 5.38. The Kier molecular flexibility index (Phi) is 8.52. The van der Waals surface area contributed by atoms with Crippen LogP contribution in [0.4, 0.5) is 0 Å². The van der Waals surface area contributed by atoms with Gasteiger partial charge >= 0.3 is 0 Å². The summed E-state index contributed by atoms with van der Waals surface area (Å²) < 4.78 is 7.42. The number of rotatable bonds is 5. The molecule has 8 heteroatoms. The van der Waals surface area contributed by atoms with Crippen molar-refractivity contribution in [2.24, 2.45) is 0 Å². The second-order valence-electron chi connectivity index (χ2n) is 5.38. The largest absolute Gasteiger partial charge is 0.491 e. The lowest BCUT2D eigenvalue weighted by atomic mass is 10.0. The average molecular weight is 376 g/mol. The number of nitrogens with one attached hydrogen (secondary N) is 1. The summed E-state index contributed by atoms with van der Waals surface area (Å²) in [5.74, 6) is 1.57. The van der Waals surface area contributed by atoms with E-state index in [1.54, 1.807) is 6.20 Å². The van der Waals surface area contributed by atoms with Crippen LogP contribution in [0.2, 0.25) is 0 Å². The second kappa shape index (κ2) is 9.86. The molecule has 3 rings (SSSR count). The molecule has 134 valence electrons.